The summed E-state index contributed by atoms with van der Waals surface area (Å²) in [6.45, 7) is 2.94. The average Bonchev–Trinajstić information content (AvgIpc) is 3.01. The van der Waals surface area contributed by atoms with E-state index in [1.54, 1.807) is 0 Å². The van der Waals surface area contributed by atoms with Crippen LogP contribution in [0.25, 0.3) is 0 Å². The fourth-order valence-corrected chi connectivity index (χ4v) is 2.73. The minimum atomic E-state index is 0.0318. The maximum atomic E-state index is 6.40. The van der Waals surface area contributed by atoms with Crippen molar-refractivity contribution < 1.29 is 0 Å². The molecule has 3 heterocycles. The number of aliphatic imine (C=N–C) groups is 1. The Labute approximate surface area is 123 Å². The van der Waals surface area contributed by atoms with E-state index in [1.165, 1.54) is 0 Å². The van der Waals surface area contributed by atoms with E-state index in [-0.39, 0.29) is 6.17 Å². The van der Waals surface area contributed by atoms with Crippen molar-refractivity contribution >= 4 is 17.4 Å². The van der Waals surface area contributed by atoms with Crippen molar-refractivity contribution in [2.45, 2.75) is 32.5 Å². The van der Waals surface area contributed by atoms with E-state index in [2.05, 4.69) is 33.4 Å². The van der Waals surface area contributed by atoms with Gasteiger partial charge in [-0.05, 0) is 19.8 Å². The van der Waals surface area contributed by atoms with E-state index >= 15 is 0 Å². The molecule has 0 bridgehead atoms. The molecule has 1 atom stereocenters. The van der Waals surface area contributed by atoms with Gasteiger partial charge in [0.2, 0.25) is 0 Å². The predicted molar refractivity (Wildman–Crippen MR) is 80.2 cm³/mol. The molecule has 0 spiro atoms. The molecule has 0 amide bonds. The molecule has 0 saturated carbocycles. The van der Waals surface area contributed by atoms with Crippen LogP contribution in [-0.2, 0) is 6.54 Å². The predicted octanol–water partition coefficient (Wildman–Crippen LogP) is 2.59. The van der Waals surface area contributed by atoms with Gasteiger partial charge in [-0.25, -0.2) is 4.99 Å². The van der Waals surface area contributed by atoms with Gasteiger partial charge in [0.05, 0.1) is 11.9 Å². The zero-order valence-electron chi connectivity index (χ0n) is 11.7. The molecule has 1 saturated heterocycles. The third-order valence-corrected chi connectivity index (χ3v) is 4.00. The molecule has 1 aromatic rings. The summed E-state index contributed by atoms with van der Waals surface area (Å²) < 4.78 is 1.92. The van der Waals surface area contributed by atoms with E-state index < -0.39 is 0 Å². The summed E-state index contributed by atoms with van der Waals surface area (Å²) in [7, 11) is 2.02. The molecule has 2 aliphatic rings. The molecule has 1 fully saturated rings. The first-order valence-corrected chi connectivity index (χ1v) is 7.22. The molecule has 0 aromatic carbocycles. The number of likely N-dealkylation sites (N-methyl/N-ethyl adjacent to an activating group) is 1. The Kier molecular flexibility index (Phi) is 3.53. The molecule has 0 aliphatic carbocycles. The van der Waals surface area contributed by atoms with Gasteiger partial charge in [0.15, 0.2) is 5.84 Å². The Morgan fingerprint density at radius 2 is 2.35 bits per heavy atom. The summed E-state index contributed by atoms with van der Waals surface area (Å²) in [5.74, 6) is 0.889. The number of nitrogens with zero attached hydrogens (tertiary/aromatic N) is 4. The van der Waals surface area contributed by atoms with Gasteiger partial charge >= 0.3 is 0 Å². The smallest absolute Gasteiger partial charge is 0.154 e. The van der Waals surface area contributed by atoms with Crippen LogP contribution >= 0.6 is 11.6 Å². The number of amidine groups is 1. The van der Waals surface area contributed by atoms with Gasteiger partial charge in [-0.15, -0.1) is 0 Å². The Bertz CT molecular complexity index is 598. The number of aryl methyl sites for hydroxylation is 1. The number of nitrogens with one attached hydrogen (secondary N) is 1. The van der Waals surface area contributed by atoms with Crippen LogP contribution in [0, 0.1) is 0 Å². The fourth-order valence-electron chi connectivity index (χ4n) is 2.49. The van der Waals surface area contributed by atoms with Crippen molar-refractivity contribution in [2.24, 2.45) is 4.99 Å². The van der Waals surface area contributed by atoms with E-state index in [1.807, 2.05) is 30.2 Å². The maximum Gasteiger partial charge on any atom is 0.154 e. The lowest BCUT2D eigenvalue weighted by molar-refractivity contribution is 0.378. The van der Waals surface area contributed by atoms with Crippen molar-refractivity contribution in [3.05, 3.63) is 41.0 Å². The van der Waals surface area contributed by atoms with Crippen LogP contribution in [0.15, 0.2) is 40.4 Å². The van der Waals surface area contributed by atoms with E-state index in [0.29, 0.717) is 0 Å². The first-order chi connectivity index (χ1) is 9.70. The Balaban J connectivity index is 1.97. The highest BCUT2D eigenvalue weighted by Gasteiger charge is 2.33. The first kappa shape index (κ1) is 13.2. The molecular formula is C14H18ClN5. The van der Waals surface area contributed by atoms with Gasteiger partial charge in [0.25, 0.3) is 0 Å². The quantitative estimate of drug-likeness (QED) is 0.911. The van der Waals surface area contributed by atoms with Crippen LogP contribution in [0.5, 0.6) is 0 Å². The van der Waals surface area contributed by atoms with Crippen molar-refractivity contribution in [1.29, 1.82) is 0 Å². The number of allylic oxidation sites excluding steroid dienone is 2. The average molecular weight is 292 g/mol. The number of hydrogen-bond donors (Lipinski definition) is 1. The maximum absolute atomic E-state index is 6.40. The molecule has 20 heavy (non-hydrogen) atoms. The zero-order valence-corrected chi connectivity index (χ0v) is 12.4. The minimum absolute atomic E-state index is 0.0318. The van der Waals surface area contributed by atoms with Crippen molar-refractivity contribution in [2.75, 3.05) is 7.05 Å². The lowest BCUT2D eigenvalue weighted by Gasteiger charge is -2.19. The third kappa shape index (κ3) is 2.22. The van der Waals surface area contributed by atoms with Crippen molar-refractivity contribution in [3.63, 3.8) is 0 Å². The molecule has 1 aromatic heterocycles. The normalized spacial score (nSPS) is 22.2. The Morgan fingerprint density at radius 3 is 3.10 bits per heavy atom. The number of halogens is 1. The van der Waals surface area contributed by atoms with E-state index in [4.69, 9.17) is 11.6 Å². The number of aromatic nitrogens is 2. The molecule has 6 heteroatoms. The highest BCUT2D eigenvalue weighted by atomic mass is 35.5. The number of rotatable bonds is 2. The molecule has 3 rings (SSSR count). The van der Waals surface area contributed by atoms with Gasteiger partial charge < -0.3 is 10.2 Å². The summed E-state index contributed by atoms with van der Waals surface area (Å²) in [5.41, 5.74) is 2.05. The number of hydrogen-bond acceptors (Lipinski definition) is 4. The van der Waals surface area contributed by atoms with Gasteiger partial charge in [-0.2, -0.15) is 5.10 Å². The second-order valence-electron chi connectivity index (χ2n) is 4.94. The SMILES string of the molecule is CCn1cc(C2NC3=C(Cl)CCC=CN=C3N2C)cn1. The Morgan fingerprint density at radius 1 is 1.50 bits per heavy atom. The molecular weight excluding hydrogens is 274 g/mol. The minimum Gasteiger partial charge on any atom is -0.357 e. The van der Waals surface area contributed by atoms with E-state index in [0.717, 1.165) is 41.5 Å². The fraction of sp³-hybridized carbons (Fsp3) is 0.429. The van der Waals surface area contributed by atoms with Crippen LogP contribution in [0.4, 0.5) is 0 Å². The van der Waals surface area contributed by atoms with Crippen molar-refractivity contribution in [3.8, 4) is 0 Å². The van der Waals surface area contributed by atoms with Crippen LogP contribution in [-0.4, -0.2) is 27.6 Å². The third-order valence-electron chi connectivity index (χ3n) is 3.62. The summed E-state index contributed by atoms with van der Waals surface area (Å²) in [5, 5.41) is 8.64. The van der Waals surface area contributed by atoms with Gasteiger partial charge in [0, 0.05) is 36.6 Å². The van der Waals surface area contributed by atoms with Crippen LogP contribution < -0.4 is 5.32 Å². The Hall–Kier alpha value is -1.75. The molecule has 106 valence electrons. The summed E-state index contributed by atoms with van der Waals surface area (Å²) >= 11 is 6.40. The first-order valence-electron chi connectivity index (χ1n) is 6.84. The monoisotopic (exact) mass is 291 g/mol. The van der Waals surface area contributed by atoms with Gasteiger partial charge in [-0.1, -0.05) is 17.7 Å². The molecule has 2 aliphatic heterocycles. The topological polar surface area (TPSA) is 45.5 Å². The molecule has 0 radical (unpaired) electrons. The van der Waals surface area contributed by atoms with Crippen LogP contribution in [0.2, 0.25) is 0 Å². The van der Waals surface area contributed by atoms with Crippen LogP contribution in [0.1, 0.15) is 31.5 Å². The summed E-state index contributed by atoms with van der Waals surface area (Å²) in [6.07, 6.45) is 9.64. The highest BCUT2D eigenvalue weighted by molar-refractivity contribution is 6.32. The second kappa shape index (κ2) is 5.32. The molecule has 5 nitrogen and oxygen atoms in total. The largest absolute Gasteiger partial charge is 0.357 e. The van der Waals surface area contributed by atoms with Crippen LogP contribution in [0.3, 0.4) is 0 Å². The lowest BCUT2D eigenvalue weighted by Crippen LogP contribution is -2.25. The van der Waals surface area contributed by atoms with Crippen molar-refractivity contribution in [1.82, 2.24) is 20.0 Å². The lowest BCUT2D eigenvalue weighted by atomic mass is 10.2. The van der Waals surface area contributed by atoms with E-state index in [9.17, 15) is 0 Å². The standard InChI is InChI=1S/C14H18ClN5/c1-3-20-9-10(8-17-20)13-18-12-11(15)6-4-5-7-16-14(12)19(13)2/h5,7-9,13,18H,3-4,6H2,1-2H3. The highest BCUT2D eigenvalue weighted by Crippen LogP contribution is 2.31. The van der Waals surface area contributed by atoms with Gasteiger partial charge in [-0.3, -0.25) is 4.68 Å². The van der Waals surface area contributed by atoms with Gasteiger partial charge in [0.1, 0.15) is 6.17 Å². The summed E-state index contributed by atoms with van der Waals surface area (Å²) in [6, 6.07) is 0. The summed E-state index contributed by atoms with van der Waals surface area (Å²) in [4.78, 5) is 6.61. The molecule has 1 unspecified atom stereocenters. The second-order valence-corrected chi connectivity index (χ2v) is 5.40. The number of fused-ring (bicyclic) bond motifs is 1. The molecule has 1 N–H and O–H groups in total. The zero-order chi connectivity index (χ0) is 14.1.